The van der Waals surface area contributed by atoms with Crippen LogP contribution in [0.25, 0.3) is 0 Å². The number of piperidine rings is 1. The molecule has 1 saturated heterocycles. The first-order chi connectivity index (χ1) is 7.08. The normalized spacial score (nSPS) is 31.7. The summed E-state index contributed by atoms with van der Waals surface area (Å²) in [4.78, 5) is 11.6. The predicted molar refractivity (Wildman–Crippen MR) is 51.7 cm³/mol. The maximum atomic E-state index is 12.9. The van der Waals surface area contributed by atoms with Gasteiger partial charge in [0.2, 0.25) is 6.43 Å². The van der Waals surface area contributed by atoms with Gasteiger partial charge in [0.1, 0.15) is 0 Å². The largest absolute Gasteiger partial charge is 0.469 e. The summed E-state index contributed by atoms with van der Waals surface area (Å²) in [6, 6.07) is 0. The van der Waals surface area contributed by atoms with Crippen molar-refractivity contribution in [3.63, 3.8) is 0 Å². The number of hydrogen-bond donors (Lipinski definition) is 1. The quantitative estimate of drug-likeness (QED) is 0.733. The second-order valence-corrected chi connectivity index (χ2v) is 3.91. The Kier molecular flexibility index (Phi) is 4.02. The molecule has 1 N–H and O–H groups in total. The van der Waals surface area contributed by atoms with Crippen LogP contribution in [0.2, 0.25) is 0 Å². The second-order valence-electron chi connectivity index (χ2n) is 3.91. The summed E-state index contributed by atoms with van der Waals surface area (Å²) >= 11 is 0. The number of carbonyl (C=O) groups is 1. The Bertz CT molecular complexity index is 235. The van der Waals surface area contributed by atoms with Crippen molar-refractivity contribution in [2.45, 2.75) is 26.2 Å². The first-order valence-corrected chi connectivity index (χ1v) is 5.15. The van der Waals surface area contributed by atoms with Crippen LogP contribution in [0.3, 0.4) is 0 Å². The van der Waals surface area contributed by atoms with Gasteiger partial charge in [-0.2, -0.15) is 0 Å². The van der Waals surface area contributed by atoms with Crippen molar-refractivity contribution in [1.29, 1.82) is 0 Å². The third-order valence-corrected chi connectivity index (χ3v) is 3.31. The summed E-state index contributed by atoms with van der Waals surface area (Å²) in [7, 11) is 1.25. The van der Waals surface area contributed by atoms with E-state index in [4.69, 9.17) is 0 Å². The van der Waals surface area contributed by atoms with E-state index in [1.165, 1.54) is 7.11 Å². The van der Waals surface area contributed by atoms with E-state index in [1.807, 2.05) is 0 Å². The highest BCUT2D eigenvalue weighted by Gasteiger charge is 2.50. The third-order valence-electron chi connectivity index (χ3n) is 3.31. The summed E-state index contributed by atoms with van der Waals surface area (Å²) in [5.74, 6) is -1.42. The van der Waals surface area contributed by atoms with Gasteiger partial charge >= 0.3 is 5.97 Å². The fourth-order valence-corrected chi connectivity index (χ4v) is 2.30. The van der Waals surface area contributed by atoms with Crippen molar-refractivity contribution in [3.8, 4) is 0 Å². The zero-order valence-corrected chi connectivity index (χ0v) is 9.06. The lowest BCUT2D eigenvalue weighted by atomic mass is 9.69. The SMILES string of the molecule is CC[C@@]1(C(=O)OC)CNCCC1C(F)F. The summed E-state index contributed by atoms with van der Waals surface area (Å²) in [6.07, 6.45) is -1.77. The molecule has 0 aromatic heterocycles. The highest BCUT2D eigenvalue weighted by molar-refractivity contribution is 5.77. The molecule has 15 heavy (non-hydrogen) atoms. The maximum Gasteiger partial charge on any atom is 0.313 e. The fourth-order valence-electron chi connectivity index (χ4n) is 2.30. The Labute approximate surface area is 88.2 Å². The summed E-state index contributed by atoms with van der Waals surface area (Å²) in [5, 5.41) is 2.99. The van der Waals surface area contributed by atoms with E-state index in [-0.39, 0.29) is 6.54 Å². The number of ether oxygens (including phenoxy) is 1. The number of hydrogen-bond acceptors (Lipinski definition) is 3. The minimum Gasteiger partial charge on any atom is -0.469 e. The fraction of sp³-hybridized carbons (Fsp3) is 0.900. The van der Waals surface area contributed by atoms with Crippen molar-refractivity contribution < 1.29 is 18.3 Å². The first-order valence-electron chi connectivity index (χ1n) is 5.15. The van der Waals surface area contributed by atoms with Crippen molar-refractivity contribution in [1.82, 2.24) is 5.32 Å². The van der Waals surface area contributed by atoms with Gasteiger partial charge in [-0.15, -0.1) is 0 Å². The number of halogens is 2. The van der Waals surface area contributed by atoms with Crippen LogP contribution in [0.5, 0.6) is 0 Å². The average molecular weight is 221 g/mol. The third kappa shape index (κ3) is 2.12. The van der Waals surface area contributed by atoms with E-state index in [0.717, 1.165) is 0 Å². The molecule has 1 aliphatic rings. The molecule has 0 aliphatic carbocycles. The Morgan fingerprint density at radius 3 is 2.80 bits per heavy atom. The Balaban J connectivity index is 2.95. The van der Waals surface area contributed by atoms with Crippen LogP contribution in [-0.2, 0) is 9.53 Å². The molecule has 1 aliphatic heterocycles. The molecule has 1 fully saturated rings. The lowest BCUT2D eigenvalue weighted by molar-refractivity contribution is -0.164. The van der Waals surface area contributed by atoms with Crippen molar-refractivity contribution >= 4 is 5.97 Å². The van der Waals surface area contributed by atoms with Gasteiger partial charge in [-0.3, -0.25) is 4.79 Å². The number of alkyl halides is 2. The minimum absolute atomic E-state index is 0.283. The van der Waals surface area contributed by atoms with E-state index in [0.29, 0.717) is 19.4 Å². The first kappa shape index (κ1) is 12.4. The Hall–Kier alpha value is -0.710. The molecule has 1 unspecified atom stereocenters. The number of rotatable bonds is 3. The van der Waals surface area contributed by atoms with Crippen molar-refractivity contribution in [2.75, 3.05) is 20.2 Å². The summed E-state index contributed by atoms with van der Waals surface area (Å²) in [6.45, 7) is 2.57. The zero-order valence-electron chi connectivity index (χ0n) is 9.06. The van der Waals surface area contributed by atoms with Gasteiger partial charge in [0, 0.05) is 12.5 Å². The average Bonchev–Trinajstić information content (AvgIpc) is 2.27. The van der Waals surface area contributed by atoms with Gasteiger partial charge in [-0.05, 0) is 19.4 Å². The standard InChI is InChI=1S/C10H17F2NO2/c1-3-10(9(14)15-2)6-13-5-4-7(10)8(11)12/h7-8,13H,3-6H2,1-2H3/t7?,10-/m1/s1. The molecule has 0 aromatic carbocycles. The minimum atomic E-state index is -2.47. The number of methoxy groups -OCH3 is 1. The predicted octanol–water partition coefficient (Wildman–Crippen LogP) is 1.43. The second kappa shape index (κ2) is 4.88. The monoisotopic (exact) mass is 221 g/mol. The smallest absolute Gasteiger partial charge is 0.313 e. The maximum absolute atomic E-state index is 12.9. The van der Waals surface area contributed by atoms with Crippen LogP contribution >= 0.6 is 0 Å². The molecule has 0 spiro atoms. The van der Waals surface area contributed by atoms with E-state index in [2.05, 4.69) is 10.1 Å². The molecule has 0 amide bonds. The zero-order chi connectivity index (χ0) is 11.5. The molecule has 0 radical (unpaired) electrons. The Morgan fingerprint density at radius 1 is 1.67 bits per heavy atom. The molecule has 0 aromatic rings. The van der Waals surface area contributed by atoms with Crippen LogP contribution in [0, 0.1) is 11.3 Å². The highest BCUT2D eigenvalue weighted by Crippen LogP contribution is 2.40. The van der Waals surface area contributed by atoms with E-state index in [1.54, 1.807) is 6.92 Å². The van der Waals surface area contributed by atoms with Gasteiger partial charge in [-0.25, -0.2) is 8.78 Å². The lowest BCUT2D eigenvalue weighted by Gasteiger charge is -2.40. The van der Waals surface area contributed by atoms with Gasteiger partial charge in [0.05, 0.1) is 12.5 Å². The molecule has 88 valence electrons. The molecular weight excluding hydrogens is 204 g/mol. The van der Waals surface area contributed by atoms with Crippen molar-refractivity contribution in [3.05, 3.63) is 0 Å². The van der Waals surface area contributed by atoms with Crippen LogP contribution in [0.4, 0.5) is 8.78 Å². The van der Waals surface area contributed by atoms with E-state index < -0.39 is 23.7 Å². The van der Waals surface area contributed by atoms with Gasteiger partial charge in [0.15, 0.2) is 0 Å². The Morgan fingerprint density at radius 2 is 2.33 bits per heavy atom. The van der Waals surface area contributed by atoms with Crippen LogP contribution < -0.4 is 5.32 Å². The van der Waals surface area contributed by atoms with Gasteiger partial charge in [0.25, 0.3) is 0 Å². The molecule has 1 heterocycles. The van der Waals surface area contributed by atoms with Crippen LogP contribution in [0.1, 0.15) is 19.8 Å². The molecule has 0 bridgehead atoms. The molecule has 5 heteroatoms. The van der Waals surface area contributed by atoms with Gasteiger partial charge < -0.3 is 10.1 Å². The number of esters is 1. The lowest BCUT2D eigenvalue weighted by Crippen LogP contribution is -2.53. The van der Waals surface area contributed by atoms with Crippen LogP contribution in [-0.4, -0.2) is 32.6 Å². The summed E-state index contributed by atoms with van der Waals surface area (Å²) in [5.41, 5.74) is -1.05. The topological polar surface area (TPSA) is 38.3 Å². The molecule has 0 saturated carbocycles. The molecular formula is C10H17F2NO2. The summed E-state index contributed by atoms with van der Waals surface area (Å²) < 4.78 is 30.4. The number of nitrogens with one attached hydrogen (secondary N) is 1. The van der Waals surface area contributed by atoms with E-state index in [9.17, 15) is 13.6 Å². The van der Waals surface area contributed by atoms with Crippen LogP contribution in [0.15, 0.2) is 0 Å². The van der Waals surface area contributed by atoms with E-state index >= 15 is 0 Å². The highest BCUT2D eigenvalue weighted by atomic mass is 19.3. The van der Waals surface area contributed by atoms with Crippen molar-refractivity contribution in [2.24, 2.45) is 11.3 Å². The van der Waals surface area contributed by atoms with Gasteiger partial charge in [-0.1, -0.05) is 6.92 Å². The molecule has 1 rings (SSSR count). The molecule has 2 atom stereocenters. The molecule has 3 nitrogen and oxygen atoms in total. The number of carbonyl (C=O) groups excluding carboxylic acids is 1.